The highest BCUT2D eigenvalue weighted by Crippen LogP contribution is 2.29. The van der Waals surface area contributed by atoms with E-state index in [1.165, 1.54) is 3.93 Å². The number of carbonyl (C=O) groups excluding carboxylic acids is 1. The Morgan fingerprint density at radius 2 is 2.50 bits per heavy atom. The Labute approximate surface area is 68.7 Å². The van der Waals surface area contributed by atoms with E-state index in [1.54, 1.807) is 0 Å². The van der Waals surface area contributed by atoms with Gasteiger partial charge in [-0.05, 0) is 13.3 Å². The van der Waals surface area contributed by atoms with E-state index < -0.39 is 0 Å². The number of hydrogen-bond acceptors (Lipinski definition) is 2. The third-order valence-electron chi connectivity index (χ3n) is 1.90. The molecule has 1 amide bonds. The molecule has 1 aliphatic heterocycles. The lowest BCUT2D eigenvalue weighted by Gasteiger charge is -2.24. The normalized spacial score (nSPS) is 32.7. The highest BCUT2D eigenvalue weighted by atomic mass is 79.9. The SMILES string of the molecule is CCC1(C)COC(=O)N1Br. The van der Waals surface area contributed by atoms with Gasteiger partial charge in [-0.2, -0.15) is 0 Å². The standard InChI is InChI=1S/C6H10BrNO2/c1-3-6(2)4-10-5(9)8(6)7/h3-4H2,1-2H3. The van der Waals surface area contributed by atoms with Gasteiger partial charge in [-0.1, -0.05) is 6.92 Å². The summed E-state index contributed by atoms with van der Waals surface area (Å²) in [6.45, 7) is 4.48. The molecule has 0 saturated carbocycles. The molecule has 1 atom stereocenters. The van der Waals surface area contributed by atoms with Crippen LogP contribution in [0, 0.1) is 0 Å². The lowest BCUT2D eigenvalue weighted by atomic mass is 10.0. The molecule has 1 fully saturated rings. The van der Waals surface area contributed by atoms with Crippen LogP contribution >= 0.6 is 16.1 Å². The van der Waals surface area contributed by atoms with Crippen LogP contribution in [0.25, 0.3) is 0 Å². The number of carbonyl (C=O) groups is 1. The van der Waals surface area contributed by atoms with Crippen molar-refractivity contribution in [2.24, 2.45) is 0 Å². The Morgan fingerprint density at radius 3 is 2.70 bits per heavy atom. The first kappa shape index (κ1) is 7.85. The minimum absolute atomic E-state index is 0.156. The van der Waals surface area contributed by atoms with E-state index in [0.29, 0.717) is 6.61 Å². The monoisotopic (exact) mass is 207 g/mol. The van der Waals surface area contributed by atoms with Gasteiger partial charge in [-0.25, -0.2) is 8.72 Å². The van der Waals surface area contributed by atoms with Gasteiger partial charge in [0.15, 0.2) is 0 Å². The first-order valence-corrected chi connectivity index (χ1v) is 3.94. The van der Waals surface area contributed by atoms with Crippen molar-refractivity contribution in [3.63, 3.8) is 0 Å². The lowest BCUT2D eigenvalue weighted by molar-refractivity contribution is 0.170. The van der Waals surface area contributed by atoms with Gasteiger partial charge in [0.25, 0.3) is 0 Å². The molecule has 0 bridgehead atoms. The molecule has 0 spiro atoms. The fourth-order valence-corrected chi connectivity index (χ4v) is 1.25. The van der Waals surface area contributed by atoms with Crippen LogP contribution in [0.2, 0.25) is 0 Å². The van der Waals surface area contributed by atoms with Crippen LogP contribution in [0.15, 0.2) is 0 Å². The first-order valence-electron chi connectivity index (χ1n) is 3.23. The molecule has 0 aromatic heterocycles. The van der Waals surface area contributed by atoms with Crippen molar-refractivity contribution in [2.45, 2.75) is 25.8 Å². The van der Waals surface area contributed by atoms with Crippen molar-refractivity contribution in [1.82, 2.24) is 3.93 Å². The smallest absolute Gasteiger partial charge is 0.420 e. The zero-order valence-corrected chi connectivity index (χ0v) is 7.64. The number of halogens is 1. The van der Waals surface area contributed by atoms with Crippen LogP contribution in [-0.4, -0.2) is 22.2 Å². The molecule has 1 aliphatic rings. The summed E-state index contributed by atoms with van der Waals surface area (Å²) in [5, 5.41) is 0. The fraction of sp³-hybridized carbons (Fsp3) is 0.833. The van der Waals surface area contributed by atoms with Crippen molar-refractivity contribution >= 4 is 22.2 Å². The van der Waals surface area contributed by atoms with Crippen LogP contribution in [0.5, 0.6) is 0 Å². The van der Waals surface area contributed by atoms with Crippen molar-refractivity contribution in [2.75, 3.05) is 6.61 Å². The Morgan fingerprint density at radius 1 is 1.90 bits per heavy atom. The largest absolute Gasteiger partial charge is 0.446 e. The quantitative estimate of drug-likeness (QED) is 0.616. The molecular formula is C6H10BrNO2. The number of amides is 1. The average molecular weight is 208 g/mol. The summed E-state index contributed by atoms with van der Waals surface area (Å²) < 4.78 is 6.28. The second-order valence-corrected chi connectivity index (χ2v) is 3.40. The van der Waals surface area contributed by atoms with Crippen LogP contribution < -0.4 is 0 Å². The van der Waals surface area contributed by atoms with Gasteiger partial charge < -0.3 is 4.74 Å². The van der Waals surface area contributed by atoms with Gasteiger partial charge in [-0.15, -0.1) is 0 Å². The first-order chi connectivity index (χ1) is 4.60. The van der Waals surface area contributed by atoms with E-state index in [0.717, 1.165) is 6.42 Å². The molecule has 1 rings (SSSR count). The van der Waals surface area contributed by atoms with E-state index in [1.807, 2.05) is 13.8 Å². The van der Waals surface area contributed by atoms with Gasteiger partial charge in [0.2, 0.25) is 0 Å². The fourth-order valence-electron chi connectivity index (χ4n) is 0.792. The van der Waals surface area contributed by atoms with E-state index in [-0.39, 0.29) is 11.6 Å². The molecule has 3 nitrogen and oxygen atoms in total. The lowest BCUT2D eigenvalue weighted by Crippen LogP contribution is -2.36. The van der Waals surface area contributed by atoms with E-state index in [4.69, 9.17) is 4.74 Å². The number of hydrogen-bond donors (Lipinski definition) is 0. The molecular weight excluding hydrogens is 198 g/mol. The molecule has 1 heterocycles. The maximum atomic E-state index is 10.8. The highest BCUT2D eigenvalue weighted by molar-refractivity contribution is 9.07. The average Bonchev–Trinajstić information content (AvgIpc) is 2.19. The zero-order valence-electron chi connectivity index (χ0n) is 6.06. The molecule has 0 aliphatic carbocycles. The van der Waals surface area contributed by atoms with Gasteiger partial charge in [0.05, 0.1) is 21.7 Å². The van der Waals surface area contributed by atoms with Crippen molar-refractivity contribution in [3.05, 3.63) is 0 Å². The van der Waals surface area contributed by atoms with E-state index in [2.05, 4.69) is 16.1 Å². The zero-order chi connectivity index (χ0) is 7.78. The van der Waals surface area contributed by atoms with E-state index >= 15 is 0 Å². The van der Waals surface area contributed by atoms with Gasteiger partial charge in [-0.3, -0.25) is 0 Å². The Kier molecular flexibility index (Phi) is 1.90. The third kappa shape index (κ3) is 1.00. The summed E-state index contributed by atoms with van der Waals surface area (Å²) in [5.74, 6) is 0. The Balaban J connectivity index is 2.73. The molecule has 0 aromatic rings. The van der Waals surface area contributed by atoms with Crippen LogP contribution in [-0.2, 0) is 4.74 Å². The number of nitrogens with zero attached hydrogens (tertiary/aromatic N) is 1. The van der Waals surface area contributed by atoms with Crippen LogP contribution in [0.4, 0.5) is 4.79 Å². The number of rotatable bonds is 1. The molecule has 4 heteroatoms. The van der Waals surface area contributed by atoms with Crippen molar-refractivity contribution < 1.29 is 9.53 Å². The minimum Gasteiger partial charge on any atom is -0.446 e. The molecule has 10 heavy (non-hydrogen) atoms. The summed E-state index contributed by atoms with van der Waals surface area (Å²) in [4.78, 5) is 10.8. The van der Waals surface area contributed by atoms with Crippen LogP contribution in [0.3, 0.4) is 0 Å². The Bertz CT molecular complexity index is 162. The highest BCUT2D eigenvalue weighted by Gasteiger charge is 2.41. The molecule has 0 aromatic carbocycles. The summed E-state index contributed by atoms with van der Waals surface area (Å²) in [7, 11) is 0. The predicted molar refractivity (Wildman–Crippen MR) is 40.8 cm³/mol. The minimum atomic E-state index is -0.288. The maximum Gasteiger partial charge on any atom is 0.420 e. The summed E-state index contributed by atoms with van der Waals surface area (Å²) >= 11 is 3.15. The molecule has 0 N–H and O–H groups in total. The van der Waals surface area contributed by atoms with Crippen molar-refractivity contribution in [1.29, 1.82) is 0 Å². The number of cyclic esters (lactones) is 1. The van der Waals surface area contributed by atoms with Crippen LogP contribution in [0.1, 0.15) is 20.3 Å². The Hall–Kier alpha value is -0.250. The van der Waals surface area contributed by atoms with Crippen molar-refractivity contribution in [3.8, 4) is 0 Å². The van der Waals surface area contributed by atoms with E-state index in [9.17, 15) is 4.79 Å². The number of ether oxygens (including phenoxy) is 1. The molecule has 1 saturated heterocycles. The summed E-state index contributed by atoms with van der Waals surface area (Å²) in [5.41, 5.74) is -0.156. The molecule has 1 unspecified atom stereocenters. The maximum absolute atomic E-state index is 10.8. The van der Waals surface area contributed by atoms with Gasteiger partial charge in [0, 0.05) is 0 Å². The topological polar surface area (TPSA) is 29.5 Å². The predicted octanol–water partition coefficient (Wildman–Crippen LogP) is 1.92. The van der Waals surface area contributed by atoms with Gasteiger partial charge in [0.1, 0.15) is 6.61 Å². The third-order valence-corrected chi connectivity index (χ3v) is 3.05. The second kappa shape index (κ2) is 2.42. The molecule has 58 valence electrons. The summed E-state index contributed by atoms with van der Waals surface area (Å²) in [6.07, 6.45) is 0.605. The summed E-state index contributed by atoms with van der Waals surface area (Å²) in [6, 6.07) is 0. The second-order valence-electron chi connectivity index (χ2n) is 2.69. The van der Waals surface area contributed by atoms with Gasteiger partial charge >= 0.3 is 6.09 Å². The molecule has 0 radical (unpaired) electrons.